The Balaban J connectivity index is 2.17. The Morgan fingerprint density at radius 1 is 1.18 bits per heavy atom. The Hall–Kier alpha value is -2.74. The van der Waals surface area contributed by atoms with E-state index in [9.17, 15) is 13.2 Å². The topological polar surface area (TPSA) is 101 Å². The lowest BCUT2D eigenvalue weighted by Crippen LogP contribution is -2.18. The van der Waals surface area contributed by atoms with E-state index in [0.717, 1.165) is 19.3 Å². The number of sulfonamides is 1. The molecule has 0 bridgehead atoms. The molecule has 0 aliphatic heterocycles. The van der Waals surface area contributed by atoms with Gasteiger partial charge in [-0.2, -0.15) is 0 Å². The molecule has 1 amide bonds. The Morgan fingerprint density at radius 3 is 2.61 bits per heavy atom. The van der Waals surface area contributed by atoms with Crippen LogP contribution in [0.25, 0.3) is 11.1 Å². The number of hydrogen-bond acceptors (Lipinski definition) is 5. The van der Waals surface area contributed by atoms with E-state index >= 15 is 0 Å². The molecule has 2 heterocycles. The van der Waals surface area contributed by atoms with Crippen molar-refractivity contribution in [3.05, 3.63) is 49.1 Å². The molecule has 0 aliphatic carbocycles. The van der Waals surface area contributed by atoms with Gasteiger partial charge in [0.25, 0.3) is 10.0 Å². The predicted molar refractivity (Wildman–Crippen MR) is 110 cm³/mol. The van der Waals surface area contributed by atoms with Crippen molar-refractivity contribution in [2.75, 3.05) is 5.32 Å². The normalized spacial score (nSPS) is 11.7. The van der Waals surface area contributed by atoms with Crippen molar-refractivity contribution in [3.63, 3.8) is 0 Å². The number of pyridine rings is 2. The molecule has 2 aromatic rings. The zero-order valence-electron chi connectivity index (χ0n) is 16.3. The Labute approximate surface area is 166 Å². The van der Waals surface area contributed by atoms with Crippen LogP contribution in [0.3, 0.4) is 0 Å². The van der Waals surface area contributed by atoms with E-state index in [1.807, 2.05) is 6.08 Å². The fourth-order valence-corrected chi connectivity index (χ4v) is 3.56. The first-order chi connectivity index (χ1) is 13.4. The van der Waals surface area contributed by atoms with E-state index in [1.165, 1.54) is 25.4 Å². The van der Waals surface area contributed by atoms with E-state index in [1.54, 1.807) is 24.5 Å². The van der Waals surface area contributed by atoms with Gasteiger partial charge in [0.05, 0.1) is 0 Å². The monoisotopic (exact) mass is 402 g/mol. The summed E-state index contributed by atoms with van der Waals surface area (Å²) in [4.78, 5) is 19.4. The second-order valence-electron chi connectivity index (χ2n) is 6.46. The van der Waals surface area contributed by atoms with E-state index in [2.05, 4.69) is 33.9 Å². The number of allylic oxidation sites excluding steroid dienone is 1. The molecule has 0 saturated carbocycles. The van der Waals surface area contributed by atoms with Crippen LogP contribution in [0.2, 0.25) is 0 Å². The lowest BCUT2D eigenvalue weighted by Gasteiger charge is -2.09. The average Bonchev–Trinajstić information content (AvgIpc) is 2.68. The minimum Gasteiger partial charge on any atom is -0.311 e. The summed E-state index contributed by atoms with van der Waals surface area (Å²) in [5, 5.41) is 2.60. The zero-order valence-corrected chi connectivity index (χ0v) is 17.2. The van der Waals surface area contributed by atoms with Crippen molar-refractivity contribution >= 4 is 21.7 Å². The molecule has 2 aromatic heterocycles. The summed E-state index contributed by atoms with van der Waals surface area (Å²) in [6, 6.07) is 4.93. The van der Waals surface area contributed by atoms with Gasteiger partial charge in [-0.1, -0.05) is 32.8 Å². The highest BCUT2D eigenvalue weighted by Crippen LogP contribution is 2.23. The van der Waals surface area contributed by atoms with E-state index in [4.69, 9.17) is 0 Å². The van der Waals surface area contributed by atoms with Crippen molar-refractivity contribution in [3.8, 4) is 11.1 Å². The van der Waals surface area contributed by atoms with Crippen molar-refractivity contribution in [2.45, 2.75) is 44.9 Å². The molecule has 7 nitrogen and oxygen atoms in total. The Kier molecular flexibility index (Phi) is 7.69. The number of carbonyl (C=O) groups excluding carboxylic acids is 1. The fourth-order valence-electron chi connectivity index (χ4n) is 2.67. The van der Waals surface area contributed by atoms with E-state index < -0.39 is 10.0 Å². The van der Waals surface area contributed by atoms with Crippen LogP contribution >= 0.6 is 0 Å². The number of nitrogens with one attached hydrogen (secondary N) is 2. The van der Waals surface area contributed by atoms with Crippen molar-refractivity contribution in [1.82, 2.24) is 14.7 Å². The van der Waals surface area contributed by atoms with Crippen LogP contribution in [0.1, 0.15) is 40.0 Å². The van der Waals surface area contributed by atoms with Crippen LogP contribution < -0.4 is 10.0 Å². The summed E-state index contributed by atoms with van der Waals surface area (Å²) >= 11 is 0. The number of amides is 1. The number of anilines is 1. The first-order valence-electron chi connectivity index (χ1n) is 9.22. The van der Waals surface area contributed by atoms with Crippen molar-refractivity contribution in [1.29, 1.82) is 0 Å². The largest absolute Gasteiger partial charge is 0.311 e. The molecule has 8 heteroatoms. The first-order valence-corrected chi connectivity index (χ1v) is 10.7. The number of carbonyl (C=O) groups is 1. The molecular formula is C20H26N4O3S. The zero-order chi connectivity index (χ0) is 20.6. The number of rotatable bonds is 9. The third-order valence-corrected chi connectivity index (χ3v) is 5.68. The molecule has 0 saturated heterocycles. The minimum atomic E-state index is -3.72. The van der Waals surface area contributed by atoms with Gasteiger partial charge in [0, 0.05) is 37.3 Å². The molecule has 2 N–H and O–H groups in total. The summed E-state index contributed by atoms with van der Waals surface area (Å²) in [6.07, 6.45) is 10.7. The van der Waals surface area contributed by atoms with Crippen LogP contribution in [-0.2, 0) is 14.8 Å². The van der Waals surface area contributed by atoms with Crippen molar-refractivity contribution < 1.29 is 13.2 Å². The smallest absolute Gasteiger partial charge is 0.262 e. The maximum absolute atomic E-state index is 12.5. The molecule has 0 fully saturated rings. The van der Waals surface area contributed by atoms with Crippen LogP contribution in [0.15, 0.2) is 54.0 Å². The standard InChI is InChI=1S/C20H26N4O3S/c1-4-16(5-2)7-6-9-23-28(26,27)19-11-18(13-21-14-19)17-8-10-22-20(12-17)24-15(3)25/h6,8-14,16,23H,4-5,7H2,1-3H3,(H,22,24,25)/b9-6+. The third-order valence-electron chi connectivity index (χ3n) is 4.39. The molecule has 0 radical (unpaired) electrons. The number of nitrogens with zero attached hydrogens (tertiary/aromatic N) is 2. The van der Waals surface area contributed by atoms with Gasteiger partial charge in [0.15, 0.2) is 0 Å². The fraction of sp³-hybridized carbons (Fsp3) is 0.350. The first kappa shape index (κ1) is 21.6. The highest BCUT2D eigenvalue weighted by atomic mass is 32.2. The van der Waals surface area contributed by atoms with Gasteiger partial charge < -0.3 is 5.32 Å². The molecule has 0 atom stereocenters. The third kappa shape index (κ3) is 6.16. The highest BCUT2D eigenvalue weighted by molar-refractivity contribution is 7.89. The molecule has 0 aliphatic rings. The molecule has 0 aromatic carbocycles. The van der Waals surface area contributed by atoms with E-state index in [0.29, 0.717) is 22.9 Å². The van der Waals surface area contributed by atoms with Crippen LogP contribution in [-0.4, -0.2) is 24.3 Å². The van der Waals surface area contributed by atoms with Gasteiger partial charge in [-0.05, 0) is 36.1 Å². The maximum atomic E-state index is 12.5. The predicted octanol–water partition coefficient (Wildman–Crippen LogP) is 3.72. The van der Waals surface area contributed by atoms with Crippen molar-refractivity contribution in [2.24, 2.45) is 5.92 Å². The Morgan fingerprint density at radius 2 is 1.93 bits per heavy atom. The molecule has 0 unspecified atom stereocenters. The SMILES string of the molecule is CCC(CC)C/C=C/NS(=O)(=O)c1cncc(-c2ccnc(NC(C)=O)c2)c1. The van der Waals surface area contributed by atoms with Gasteiger partial charge in [0.1, 0.15) is 10.7 Å². The van der Waals surface area contributed by atoms with E-state index in [-0.39, 0.29) is 10.8 Å². The average molecular weight is 403 g/mol. The summed E-state index contributed by atoms with van der Waals surface area (Å²) in [5.74, 6) is 0.708. The summed E-state index contributed by atoms with van der Waals surface area (Å²) in [5.41, 5.74) is 1.31. The number of aromatic nitrogens is 2. The summed E-state index contributed by atoms with van der Waals surface area (Å²) in [6.45, 7) is 5.64. The lowest BCUT2D eigenvalue weighted by atomic mass is 10.00. The second-order valence-corrected chi connectivity index (χ2v) is 8.18. The van der Waals surface area contributed by atoms with Gasteiger partial charge in [-0.25, -0.2) is 13.4 Å². The molecule has 150 valence electrons. The molecular weight excluding hydrogens is 376 g/mol. The molecule has 2 rings (SSSR count). The minimum absolute atomic E-state index is 0.0649. The Bertz CT molecular complexity index is 938. The second kappa shape index (κ2) is 9.98. The van der Waals surface area contributed by atoms with Crippen LogP contribution in [0.5, 0.6) is 0 Å². The van der Waals surface area contributed by atoms with Gasteiger partial charge in [-0.3, -0.25) is 14.5 Å². The van der Waals surface area contributed by atoms with Crippen LogP contribution in [0, 0.1) is 5.92 Å². The summed E-state index contributed by atoms with van der Waals surface area (Å²) < 4.78 is 27.6. The lowest BCUT2D eigenvalue weighted by molar-refractivity contribution is -0.114. The maximum Gasteiger partial charge on any atom is 0.262 e. The van der Waals surface area contributed by atoms with Gasteiger partial charge >= 0.3 is 0 Å². The highest BCUT2D eigenvalue weighted by Gasteiger charge is 2.14. The number of hydrogen-bond donors (Lipinski definition) is 2. The van der Waals surface area contributed by atoms with Crippen LogP contribution in [0.4, 0.5) is 5.82 Å². The van der Waals surface area contributed by atoms with Gasteiger partial charge in [0.2, 0.25) is 5.91 Å². The van der Waals surface area contributed by atoms with Gasteiger partial charge in [-0.15, -0.1) is 0 Å². The quantitative estimate of drug-likeness (QED) is 0.666. The summed E-state index contributed by atoms with van der Waals surface area (Å²) in [7, 11) is -3.72. The molecule has 28 heavy (non-hydrogen) atoms. The molecule has 0 spiro atoms.